The lowest BCUT2D eigenvalue weighted by atomic mass is 10.1. The van der Waals surface area contributed by atoms with Gasteiger partial charge < -0.3 is 0 Å². The number of hydrogen-bond donors (Lipinski definition) is 2. The van der Waals surface area contributed by atoms with Crippen molar-refractivity contribution in [3.05, 3.63) is 0 Å². The molecular formula is C7H11F3N2O2. The number of amides is 1. The first-order valence-corrected chi connectivity index (χ1v) is 3.97. The summed E-state index contributed by atoms with van der Waals surface area (Å²) in [4.78, 5) is 20.8. The van der Waals surface area contributed by atoms with Crippen LogP contribution in [0, 0.1) is 0 Å². The summed E-state index contributed by atoms with van der Waals surface area (Å²) < 4.78 is 35.0. The van der Waals surface area contributed by atoms with Crippen molar-refractivity contribution in [1.82, 2.24) is 5.43 Å². The third kappa shape index (κ3) is 5.52. The van der Waals surface area contributed by atoms with Gasteiger partial charge in [0.1, 0.15) is 0 Å². The molecule has 0 rings (SSSR count). The molecule has 0 heterocycles. The first-order chi connectivity index (χ1) is 6.38. The van der Waals surface area contributed by atoms with Crippen molar-refractivity contribution in [2.45, 2.75) is 31.9 Å². The monoisotopic (exact) mass is 212 g/mol. The molecule has 0 aromatic heterocycles. The van der Waals surface area contributed by atoms with E-state index >= 15 is 0 Å². The molecule has 7 heteroatoms. The van der Waals surface area contributed by atoms with E-state index in [1.54, 1.807) is 0 Å². The van der Waals surface area contributed by atoms with Crippen molar-refractivity contribution < 1.29 is 22.8 Å². The summed E-state index contributed by atoms with van der Waals surface area (Å²) >= 11 is 0. The van der Waals surface area contributed by atoms with Gasteiger partial charge in [-0.3, -0.25) is 15.0 Å². The van der Waals surface area contributed by atoms with E-state index in [4.69, 9.17) is 5.84 Å². The van der Waals surface area contributed by atoms with E-state index in [0.29, 0.717) is 0 Å². The lowest BCUT2D eigenvalue weighted by molar-refractivity contribution is -0.171. The Bertz CT molecular complexity index is 215. The maximum absolute atomic E-state index is 11.7. The number of rotatable bonds is 5. The number of unbranched alkanes of at least 4 members (excludes halogenated alkanes) is 1. The van der Waals surface area contributed by atoms with Gasteiger partial charge in [0.05, 0.1) is 0 Å². The fraction of sp³-hybridized carbons (Fsp3) is 0.714. The van der Waals surface area contributed by atoms with Gasteiger partial charge in [-0.05, 0) is 12.8 Å². The van der Waals surface area contributed by atoms with E-state index in [1.807, 2.05) is 5.43 Å². The number of Topliss-reactive ketones (excluding diaryl/α,β-unsaturated/α-hetero) is 1. The van der Waals surface area contributed by atoms with E-state index < -0.39 is 24.3 Å². The van der Waals surface area contributed by atoms with Crippen molar-refractivity contribution in [1.29, 1.82) is 0 Å². The van der Waals surface area contributed by atoms with Crippen molar-refractivity contribution in [2.24, 2.45) is 5.84 Å². The van der Waals surface area contributed by atoms with Crippen LogP contribution >= 0.6 is 0 Å². The molecule has 0 aromatic carbocycles. The first kappa shape index (κ1) is 12.9. The lowest BCUT2D eigenvalue weighted by Crippen LogP contribution is -2.29. The molecule has 0 aliphatic carbocycles. The molecule has 0 spiro atoms. The normalized spacial score (nSPS) is 11.1. The Hall–Kier alpha value is -1.11. The van der Waals surface area contributed by atoms with Crippen LogP contribution in [0.5, 0.6) is 0 Å². The van der Waals surface area contributed by atoms with Crippen molar-refractivity contribution in [3.63, 3.8) is 0 Å². The van der Waals surface area contributed by atoms with Gasteiger partial charge in [-0.15, -0.1) is 0 Å². The second-order valence-electron chi connectivity index (χ2n) is 2.70. The van der Waals surface area contributed by atoms with Gasteiger partial charge in [0, 0.05) is 12.8 Å². The van der Waals surface area contributed by atoms with Crippen LogP contribution in [0.1, 0.15) is 25.7 Å². The Morgan fingerprint density at radius 2 is 1.64 bits per heavy atom. The standard InChI is InChI=1S/C7H11F3N2O2/c8-7(9,10)5(13)3-1-2-4-6(14)12-11/h1-4,11H2,(H,12,14). The van der Waals surface area contributed by atoms with Crippen LogP contribution in [0.25, 0.3) is 0 Å². The zero-order chi connectivity index (χ0) is 11.2. The minimum atomic E-state index is -4.77. The number of nitrogens with two attached hydrogens (primary N) is 1. The summed E-state index contributed by atoms with van der Waals surface area (Å²) in [7, 11) is 0. The molecule has 0 aromatic rings. The lowest BCUT2D eigenvalue weighted by Gasteiger charge is -2.04. The highest BCUT2D eigenvalue weighted by Crippen LogP contribution is 2.19. The Morgan fingerprint density at radius 3 is 2.07 bits per heavy atom. The Kier molecular flexibility index (Phi) is 5.14. The van der Waals surface area contributed by atoms with Gasteiger partial charge in [0.25, 0.3) is 0 Å². The van der Waals surface area contributed by atoms with Crippen LogP contribution in [-0.2, 0) is 9.59 Å². The third-order valence-electron chi connectivity index (χ3n) is 1.53. The predicted octanol–water partition coefficient (Wildman–Crippen LogP) is 0.668. The van der Waals surface area contributed by atoms with E-state index in [-0.39, 0.29) is 19.3 Å². The van der Waals surface area contributed by atoms with Gasteiger partial charge in [0.15, 0.2) is 0 Å². The molecule has 0 aliphatic rings. The zero-order valence-corrected chi connectivity index (χ0v) is 7.36. The van der Waals surface area contributed by atoms with Gasteiger partial charge in [-0.1, -0.05) is 0 Å². The van der Waals surface area contributed by atoms with Crippen LogP contribution in [-0.4, -0.2) is 17.9 Å². The number of ketones is 1. The molecule has 0 bridgehead atoms. The SMILES string of the molecule is NNC(=O)CCCCC(=O)C(F)(F)F. The molecule has 0 atom stereocenters. The summed E-state index contributed by atoms with van der Waals surface area (Å²) in [6.07, 6.45) is -5.07. The molecule has 0 saturated carbocycles. The number of carbonyl (C=O) groups is 2. The highest BCUT2D eigenvalue weighted by molar-refractivity contribution is 5.84. The van der Waals surface area contributed by atoms with Crippen LogP contribution in [0.2, 0.25) is 0 Å². The first-order valence-electron chi connectivity index (χ1n) is 3.97. The summed E-state index contributed by atoms with van der Waals surface area (Å²) in [5.41, 5.74) is 1.84. The number of halogens is 3. The van der Waals surface area contributed by atoms with Crippen molar-refractivity contribution in [2.75, 3.05) is 0 Å². The Balaban J connectivity index is 3.56. The minimum Gasteiger partial charge on any atom is -0.294 e. The minimum absolute atomic E-state index is 0.0294. The average molecular weight is 212 g/mol. The van der Waals surface area contributed by atoms with Gasteiger partial charge >= 0.3 is 6.18 Å². The predicted molar refractivity (Wildman–Crippen MR) is 41.9 cm³/mol. The van der Waals surface area contributed by atoms with Gasteiger partial charge in [-0.2, -0.15) is 13.2 Å². The summed E-state index contributed by atoms with van der Waals surface area (Å²) in [6, 6.07) is 0. The van der Waals surface area contributed by atoms with Gasteiger partial charge in [0.2, 0.25) is 11.7 Å². The molecule has 14 heavy (non-hydrogen) atoms. The van der Waals surface area contributed by atoms with Gasteiger partial charge in [-0.25, -0.2) is 5.84 Å². The van der Waals surface area contributed by atoms with Crippen molar-refractivity contribution >= 4 is 11.7 Å². The maximum Gasteiger partial charge on any atom is 0.449 e. The quantitative estimate of drug-likeness (QED) is 0.304. The Morgan fingerprint density at radius 1 is 1.14 bits per heavy atom. The van der Waals surface area contributed by atoms with Crippen LogP contribution < -0.4 is 11.3 Å². The summed E-state index contributed by atoms with van der Waals surface area (Å²) in [6.45, 7) is 0. The number of hydrazine groups is 1. The summed E-state index contributed by atoms with van der Waals surface area (Å²) in [5.74, 6) is 2.52. The highest BCUT2D eigenvalue weighted by Gasteiger charge is 2.37. The molecular weight excluding hydrogens is 201 g/mol. The maximum atomic E-state index is 11.7. The molecule has 4 nitrogen and oxygen atoms in total. The molecule has 3 N–H and O–H groups in total. The van der Waals surface area contributed by atoms with Crippen LogP contribution in [0.3, 0.4) is 0 Å². The van der Waals surface area contributed by atoms with Crippen molar-refractivity contribution in [3.8, 4) is 0 Å². The van der Waals surface area contributed by atoms with Crippen LogP contribution in [0.15, 0.2) is 0 Å². The molecule has 82 valence electrons. The van der Waals surface area contributed by atoms with Crippen LogP contribution in [0.4, 0.5) is 13.2 Å². The fourth-order valence-corrected chi connectivity index (χ4v) is 0.785. The van der Waals surface area contributed by atoms with E-state index in [1.165, 1.54) is 0 Å². The highest BCUT2D eigenvalue weighted by atomic mass is 19.4. The topological polar surface area (TPSA) is 72.2 Å². The second-order valence-corrected chi connectivity index (χ2v) is 2.70. The molecule has 0 radical (unpaired) electrons. The third-order valence-corrected chi connectivity index (χ3v) is 1.53. The largest absolute Gasteiger partial charge is 0.449 e. The molecule has 0 unspecified atom stereocenters. The fourth-order valence-electron chi connectivity index (χ4n) is 0.785. The molecule has 1 amide bonds. The number of alkyl halides is 3. The number of nitrogens with one attached hydrogen (secondary N) is 1. The number of hydrogen-bond acceptors (Lipinski definition) is 3. The number of carbonyl (C=O) groups excluding carboxylic acids is 2. The summed E-state index contributed by atoms with van der Waals surface area (Å²) in [5, 5.41) is 0. The zero-order valence-electron chi connectivity index (χ0n) is 7.36. The molecule has 0 fully saturated rings. The molecule has 0 saturated heterocycles. The van der Waals surface area contributed by atoms with E-state index in [9.17, 15) is 22.8 Å². The van der Waals surface area contributed by atoms with E-state index in [0.717, 1.165) is 0 Å². The van der Waals surface area contributed by atoms with E-state index in [2.05, 4.69) is 0 Å². The molecule has 0 aliphatic heterocycles. The second kappa shape index (κ2) is 5.58. The Labute approximate surface area is 78.6 Å². The average Bonchev–Trinajstić information content (AvgIpc) is 2.09. The smallest absolute Gasteiger partial charge is 0.294 e.